The molecule has 1 aliphatic carbocycles. The maximum absolute atomic E-state index is 13.5. The third kappa shape index (κ3) is 5.50. The normalized spacial score (nSPS) is 19.0. The molecule has 1 aliphatic rings. The minimum Gasteiger partial charge on any atom is -0.464 e. The zero-order valence-electron chi connectivity index (χ0n) is 14.6. The topological polar surface area (TPSA) is 116 Å². The van der Waals surface area contributed by atoms with Gasteiger partial charge in [0.2, 0.25) is 0 Å². The fourth-order valence-electron chi connectivity index (χ4n) is 2.53. The van der Waals surface area contributed by atoms with Crippen molar-refractivity contribution < 1.29 is 58.7 Å². The molecule has 0 heterocycles. The van der Waals surface area contributed by atoms with Crippen LogP contribution >= 0.6 is 0 Å². The maximum Gasteiger partial charge on any atom is 0.468 e. The van der Waals surface area contributed by atoms with Gasteiger partial charge >= 0.3 is 39.3 Å². The molecule has 28 heavy (non-hydrogen) atoms. The van der Waals surface area contributed by atoms with E-state index in [0.29, 0.717) is 20.0 Å². The average molecular weight is 442 g/mol. The molecular formula is C14H19F5O8S. The van der Waals surface area contributed by atoms with Crippen molar-refractivity contribution in [2.24, 2.45) is 5.92 Å². The molecule has 0 radical (unpaired) electrons. The first-order valence-electron chi connectivity index (χ1n) is 8.05. The summed E-state index contributed by atoms with van der Waals surface area (Å²) in [6.45, 7) is -1.71. The molecule has 0 aromatic carbocycles. The molecule has 8 nitrogen and oxygen atoms in total. The number of alkyl halides is 5. The van der Waals surface area contributed by atoms with Crippen LogP contribution in [-0.4, -0.2) is 55.8 Å². The van der Waals surface area contributed by atoms with E-state index in [0.717, 1.165) is 6.42 Å². The molecule has 0 bridgehead atoms. The molecule has 1 atom stereocenters. The summed E-state index contributed by atoms with van der Waals surface area (Å²) in [6.07, 6.45) is -5.42. The van der Waals surface area contributed by atoms with Crippen LogP contribution < -0.4 is 0 Å². The number of halogens is 5. The van der Waals surface area contributed by atoms with Gasteiger partial charge in [-0.1, -0.05) is 19.3 Å². The largest absolute Gasteiger partial charge is 0.468 e. The lowest BCUT2D eigenvalue weighted by Crippen LogP contribution is -2.59. The summed E-state index contributed by atoms with van der Waals surface area (Å²) in [6, 6.07) is 0. The van der Waals surface area contributed by atoms with Crippen LogP contribution in [0, 0.1) is 5.92 Å². The average Bonchev–Trinajstić information content (AvgIpc) is 2.58. The molecule has 0 aromatic heterocycles. The lowest BCUT2D eigenvalue weighted by Gasteiger charge is -2.33. The Morgan fingerprint density at radius 2 is 1.61 bits per heavy atom. The Morgan fingerprint density at radius 1 is 1.07 bits per heavy atom. The highest BCUT2D eigenvalue weighted by molar-refractivity contribution is 7.86. The Bertz CT molecular complexity index is 672. The van der Waals surface area contributed by atoms with Crippen molar-refractivity contribution in [2.45, 2.75) is 55.7 Å². The van der Waals surface area contributed by atoms with Gasteiger partial charge in [-0.05, 0) is 12.8 Å². The molecule has 164 valence electrons. The van der Waals surface area contributed by atoms with E-state index in [4.69, 9.17) is 4.55 Å². The summed E-state index contributed by atoms with van der Waals surface area (Å²) >= 11 is 0. The second-order valence-corrected chi connectivity index (χ2v) is 7.62. The number of hydrogen-bond donors (Lipinski definition) is 1. The molecule has 1 N–H and O–H groups in total. The standard InChI is InChI=1S/C14H19F5O8S/c1-25-11(21)13(14(17,18)19,26-8-7-12(15,16)28(22,23)24)27-10(20)9-5-3-2-4-6-9/h9H,2-8H2,1H3,(H,22,23,24). The zero-order valence-corrected chi connectivity index (χ0v) is 15.4. The van der Waals surface area contributed by atoms with Crippen LogP contribution in [0.2, 0.25) is 0 Å². The van der Waals surface area contributed by atoms with Gasteiger partial charge in [-0.2, -0.15) is 30.4 Å². The van der Waals surface area contributed by atoms with Crippen molar-refractivity contribution in [1.82, 2.24) is 0 Å². The first kappa shape index (κ1) is 24.5. The molecule has 0 amide bonds. The van der Waals surface area contributed by atoms with Gasteiger partial charge in [0.05, 0.1) is 26.1 Å². The fourth-order valence-corrected chi connectivity index (χ4v) is 2.87. The molecule has 1 rings (SSSR count). The van der Waals surface area contributed by atoms with Gasteiger partial charge in [0.1, 0.15) is 0 Å². The number of carbonyl (C=O) groups excluding carboxylic acids is 2. The maximum atomic E-state index is 13.5. The predicted molar refractivity (Wildman–Crippen MR) is 80.5 cm³/mol. The Kier molecular flexibility index (Phi) is 7.75. The van der Waals surface area contributed by atoms with Crippen molar-refractivity contribution in [1.29, 1.82) is 0 Å². The second kappa shape index (κ2) is 8.86. The quantitative estimate of drug-likeness (QED) is 0.264. The molecule has 1 saturated carbocycles. The summed E-state index contributed by atoms with van der Waals surface area (Å²) in [7, 11) is -5.42. The Labute approximate surface area is 157 Å². The lowest BCUT2D eigenvalue weighted by atomic mass is 9.89. The van der Waals surface area contributed by atoms with Crippen molar-refractivity contribution in [2.75, 3.05) is 13.7 Å². The SMILES string of the molecule is COC(=O)C(OCCC(F)(F)S(=O)(=O)O)(OC(=O)C1CCCCC1)C(F)(F)F. The smallest absolute Gasteiger partial charge is 0.464 e. The Hall–Kier alpha value is -1.54. The van der Waals surface area contributed by atoms with E-state index in [1.54, 1.807) is 0 Å². The van der Waals surface area contributed by atoms with Crippen molar-refractivity contribution in [3.8, 4) is 0 Å². The number of ether oxygens (including phenoxy) is 3. The van der Waals surface area contributed by atoms with Gasteiger partial charge in [0.15, 0.2) is 0 Å². The highest BCUT2D eigenvalue weighted by Gasteiger charge is 2.68. The van der Waals surface area contributed by atoms with Gasteiger partial charge in [-0.3, -0.25) is 9.35 Å². The van der Waals surface area contributed by atoms with E-state index in [1.807, 2.05) is 0 Å². The van der Waals surface area contributed by atoms with Gasteiger partial charge < -0.3 is 14.2 Å². The van der Waals surface area contributed by atoms with E-state index < -0.39 is 58.2 Å². The van der Waals surface area contributed by atoms with E-state index in [2.05, 4.69) is 14.2 Å². The van der Waals surface area contributed by atoms with E-state index in [1.165, 1.54) is 0 Å². The highest BCUT2D eigenvalue weighted by atomic mass is 32.2. The van der Waals surface area contributed by atoms with Gasteiger partial charge in [-0.15, -0.1) is 0 Å². The number of rotatable bonds is 8. The van der Waals surface area contributed by atoms with Crippen LogP contribution in [0.4, 0.5) is 22.0 Å². The number of esters is 2. The molecule has 1 unspecified atom stereocenters. The monoisotopic (exact) mass is 442 g/mol. The summed E-state index contributed by atoms with van der Waals surface area (Å²) in [5, 5.41) is -4.85. The third-order valence-corrected chi connectivity index (χ3v) is 5.04. The molecule has 0 aliphatic heterocycles. The molecule has 1 fully saturated rings. The molecule has 0 aromatic rings. The minimum absolute atomic E-state index is 0.203. The molecular weight excluding hydrogens is 423 g/mol. The Balaban J connectivity index is 3.09. The lowest BCUT2D eigenvalue weighted by molar-refractivity contribution is -0.357. The summed E-state index contributed by atoms with van der Waals surface area (Å²) in [5.74, 6) is -8.97. The second-order valence-electron chi connectivity index (χ2n) is 6.07. The van der Waals surface area contributed by atoms with Gasteiger partial charge in [0, 0.05) is 0 Å². The number of carbonyl (C=O) groups is 2. The van der Waals surface area contributed by atoms with Crippen LogP contribution in [0.1, 0.15) is 38.5 Å². The Morgan fingerprint density at radius 3 is 2.04 bits per heavy atom. The van der Waals surface area contributed by atoms with Crippen molar-refractivity contribution in [3.05, 3.63) is 0 Å². The summed E-state index contributed by atoms with van der Waals surface area (Å²) < 4.78 is 109. The summed E-state index contributed by atoms with van der Waals surface area (Å²) in [4.78, 5) is 23.9. The fraction of sp³-hybridized carbons (Fsp3) is 0.857. The van der Waals surface area contributed by atoms with Crippen molar-refractivity contribution in [3.63, 3.8) is 0 Å². The molecule has 14 heteroatoms. The van der Waals surface area contributed by atoms with Crippen LogP contribution in [0.15, 0.2) is 0 Å². The van der Waals surface area contributed by atoms with Crippen LogP contribution in [-0.2, 0) is 33.9 Å². The van der Waals surface area contributed by atoms with Gasteiger partial charge in [-0.25, -0.2) is 4.79 Å². The van der Waals surface area contributed by atoms with Gasteiger partial charge in [0.25, 0.3) is 0 Å². The molecule has 0 saturated heterocycles. The van der Waals surface area contributed by atoms with Crippen LogP contribution in [0.25, 0.3) is 0 Å². The predicted octanol–water partition coefficient (Wildman–Crippen LogP) is 2.43. The highest BCUT2D eigenvalue weighted by Crippen LogP contribution is 2.39. The van der Waals surface area contributed by atoms with Crippen LogP contribution in [0.5, 0.6) is 0 Å². The minimum atomic E-state index is -5.94. The van der Waals surface area contributed by atoms with Crippen LogP contribution in [0.3, 0.4) is 0 Å². The van der Waals surface area contributed by atoms with E-state index >= 15 is 0 Å². The third-order valence-electron chi connectivity index (χ3n) is 4.09. The molecule has 0 spiro atoms. The first-order chi connectivity index (χ1) is 12.7. The number of methoxy groups -OCH3 is 1. The first-order valence-corrected chi connectivity index (χ1v) is 9.49. The number of hydrogen-bond acceptors (Lipinski definition) is 7. The summed E-state index contributed by atoms with van der Waals surface area (Å²) in [5.41, 5.74) is 0. The van der Waals surface area contributed by atoms with E-state index in [9.17, 15) is 40.0 Å². The zero-order chi connectivity index (χ0) is 21.8. The van der Waals surface area contributed by atoms with Crippen molar-refractivity contribution >= 4 is 22.1 Å². The van der Waals surface area contributed by atoms with E-state index in [-0.39, 0.29) is 12.8 Å².